The molecule has 4 rings (SSSR count). The van der Waals surface area contributed by atoms with E-state index in [1.807, 2.05) is 48.5 Å². The number of pyridine rings is 1. The van der Waals surface area contributed by atoms with Crippen molar-refractivity contribution in [3.05, 3.63) is 105 Å². The average Bonchev–Trinajstić information content (AvgIpc) is 2.69. The van der Waals surface area contributed by atoms with Gasteiger partial charge in [0.05, 0.1) is 6.04 Å². The second-order valence-corrected chi connectivity index (χ2v) is 9.52. The van der Waals surface area contributed by atoms with Crippen LogP contribution in [0.2, 0.25) is 10.0 Å². The molecule has 3 aromatic rings. The van der Waals surface area contributed by atoms with E-state index in [2.05, 4.69) is 9.88 Å². The van der Waals surface area contributed by atoms with Crippen LogP contribution in [0, 0.1) is 0 Å². The summed E-state index contributed by atoms with van der Waals surface area (Å²) in [6.07, 6.45) is 1.48. The van der Waals surface area contributed by atoms with Crippen molar-refractivity contribution in [2.45, 2.75) is 11.1 Å². The van der Waals surface area contributed by atoms with Crippen molar-refractivity contribution in [3.63, 3.8) is 0 Å². The minimum absolute atomic E-state index is 0.0146. The molecule has 0 saturated carbocycles. The Morgan fingerprint density at radius 2 is 1.41 bits per heavy atom. The predicted molar refractivity (Wildman–Crippen MR) is 116 cm³/mol. The van der Waals surface area contributed by atoms with Gasteiger partial charge in [-0.15, -0.1) is 0 Å². The van der Waals surface area contributed by atoms with Crippen LogP contribution in [0.5, 0.6) is 0 Å². The van der Waals surface area contributed by atoms with Gasteiger partial charge in [-0.05, 0) is 53.1 Å². The summed E-state index contributed by atoms with van der Waals surface area (Å²) in [7, 11) is -3.54. The zero-order chi connectivity index (χ0) is 20.4. The van der Waals surface area contributed by atoms with E-state index in [0.717, 1.165) is 16.7 Å². The lowest BCUT2D eigenvalue weighted by Gasteiger charge is -2.41. The number of rotatable bonds is 5. The monoisotopic (exact) mass is 444 g/mol. The van der Waals surface area contributed by atoms with E-state index in [0.29, 0.717) is 23.1 Å². The number of sulfone groups is 1. The number of benzene rings is 2. The Morgan fingerprint density at radius 1 is 0.862 bits per heavy atom. The summed E-state index contributed by atoms with van der Waals surface area (Å²) in [5, 5.41) is 2.76. The maximum Gasteiger partial charge on any atom is 0.217 e. The fraction of sp³-hybridized carbons (Fsp3) is 0.136. The molecule has 0 aliphatic carbocycles. The molecule has 0 atom stereocenters. The number of hydrogen-bond donors (Lipinski definition) is 0. The number of nitrogens with zero attached hydrogens (tertiary/aromatic N) is 2. The lowest BCUT2D eigenvalue weighted by molar-refractivity contribution is 0.202. The van der Waals surface area contributed by atoms with Crippen LogP contribution in [0.15, 0.2) is 88.9 Å². The third-order valence-corrected chi connectivity index (χ3v) is 6.77. The van der Waals surface area contributed by atoms with E-state index >= 15 is 0 Å². The Bertz CT molecular complexity index is 1080. The summed E-state index contributed by atoms with van der Waals surface area (Å²) >= 11 is 12.1. The van der Waals surface area contributed by atoms with E-state index in [-0.39, 0.29) is 11.1 Å². The summed E-state index contributed by atoms with van der Waals surface area (Å²) in [5.74, 6) is 0. The topological polar surface area (TPSA) is 50.3 Å². The summed E-state index contributed by atoms with van der Waals surface area (Å²) in [5.41, 5.74) is 3.02. The van der Waals surface area contributed by atoms with Gasteiger partial charge in [0.2, 0.25) is 9.84 Å². The quantitative estimate of drug-likeness (QED) is 0.545. The maximum atomic E-state index is 12.5. The minimum Gasteiger partial charge on any atom is -0.284 e. The molecule has 7 heteroatoms. The van der Waals surface area contributed by atoms with E-state index in [9.17, 15) is 8.42 Å². The number of aromatic nitrogens is 1. The Balaban J connectivity index is 1.59. The van der Waals surface area contributed by atoms with Crippen LogP contribution in [0.25, 0.3) is 0 Å². The minimum atomic E-state index is -3.54. The van der Waals surface area contributed by atoms with Gasteiger partial charge in [0.25, 0.3) is 0 Å². The Morgan fingerprint density at radius 3 is 1.90 bits per heavy atom. The van der Waals surface area contributed by atoms with Gasteiger partial charge < -0.3 is 0 Å². The average molecular weight is 445 g/mol. The highest BCUT2D eigenvalue weighted by Gasteiger charge is 2.31. The molecule has 0 unspecified atom stereocenters. The fourth-order valence-corrected chi connectivity index (χ4v) is 4.87. The van der Waals surface area contributed by atoms with E-state index in [4.69, 9.17) is 23.2 Å². The molecule has 4 nitrogen and oxygen atoms in total. The van der Waals surface area contributed by atoms with Crippen molar-refractivity contribution in [3.8, 4) is 0 Å². The fourth-order valence-electron chi connectivity index (χ4n) is 3.43. The number of hydrogen-bond acceptors (Lipinski definition) is 4. The van der Waals surface area contributed by atoms with Crippen LogP contribution in [0.1, 0.15) is 17.2 Å². The molecular formula is C22H18Cl2N2O2S. The van der Waals surface area contributed by atoms with Gasteiger partial charge in [-0.3, -0.25) is 4.90 Å². The third kappa shape index (κ3) is 4.54. The van der Waals surface area contributed by atoms with Crippen molar-refractivity contribution in [1.82, 2.24) is 9.88 Å². The van der Waals surface area contributed by atoms with Gasteiger partial charge in [-0.1, -0.05) is 53.5 Å². The first-order valence-electron chi connectivity index (χ1n) is 9.03. The van der Waals surface area contributed by atoms with Gasteiger partial charge in [0, 0.05) is 34.7 Å². The van der Waals surface area contributed by atoms with Gasteiger partial charge in [0.1, 0.15) is 0 Å². The van der Waals surface area contributed by atoms with Gasteiger partial charge in [-0.2, -0.15) is 0 Å². The molecule has 1 fully saturated rings. The Labute approximate surface area is 180 Å². The van der Waals surface area contributed by atoms with E-state index in [1.54, 1.807) is 12.1 Å². The highest BCUT2D eigenvalue weighted by atomic mass is 35.5. The molecule has 0 amide bonds. The van der Waals surface area contributed by atoms with Gasteiger partial charge >= 0.3 is 0 Å². The first kappa shape index (κ1) is 20.1. The normalized spacial score (nSPS) is 14.7. The summed E-state index contributed by atoms with van der Waals surface area (Å²) in [6.45, 7) is 1.12. The Kier molecular flexibility index (Phi) is 5.74. The van der Waals surface area contributed by atoms with E-state index < -0.39 is 9.84 Å². The second kappa shape index (κ2) is 8.28. The molecule has 1 saturated heterocycles. The van der Waals surface area contributed by atoms with Crippen LogP contribution < -0.4 is 0 Å². The molecular weight excluding hydrogens is 427 g/mol. The molecule has 2 aromatic carbocycles. The van der Waals surface area contributed by atoms with Gasteiger partial charge in [0.15, 0.2) is 5.03 Å². The first-order valence-corrected chi connectivity index (χ1v) is 11.3. The third-order valence-electron chi connectivity index (χ3n) is 4.80. The first-order chi connectivity index (χ1) is 13.9. The molecule has 1 aliphatic rings. The van der Waals surface area contributed by atoms with Crippen LogP contribution in [0.4, 0.5) is 0 Å². The van der Waals surface area contributed by atoms with Crippen molar-refractivity contribution < 1.29 is 8.42 Å². The molecule has 1 aliphatic heterocycles. The molecule has 1 aromatic heterocycles. The van der Waals surface area contributed by atoms with Crippen LogP contribution in [0.3, 0.4) is 0 Å². The van der Waals surface area contributed by atoms with Crippen molar-refractivity contribution in [1.29, 1.82) is 0 Å². The van der Waals surface area contributed by atoms with Gasteiger partial charge in [-0.25, -0.2) is 13.4 Å². The molecule has 0 N–H and O–H groups in total. The summed E-state index contributed by atoms with van der Waals surface area (Å²) in [4.78, 5) is 6.17. The molecule has 148 valence electrons. The van der Waals surface area contributed by atoms with Crippen molar-refractivity contribution in [2.24, 2.45) is 0 Å². The summed E-state index contributed by atoms with van der Waals surface area (Å²) in [6, 6.07) is 20.3. The van der Waals surface area contributed by atoms with Crippen LogP contribution >= 0.6 is 23.2 Å². The maximum absolute atomic E-state index is 12.5. The van der Waals surface area contributed by atoms with Crippen LogP contribution in [-0.4, -0.2) is 31.4 Å². The smallest absolute Gasteiger partial charge is 0.217 e. The lowest BCUT2D eigenvalue weighted by Crippen LogP contribution is -2.43. The zero-order valence-electron chi connectivity index (χ0n) is 15.4. The lowest BCUT2D eigenvalue weighted by atomic mass is 9.93. The highest BCUT2D eigenvalue weighted by Crippen LogP contribution is 2.35. The second-order valence-electron chi connectivity index (χ2n) is 6.90. The number of likely N-dealkylation sites (tertiary alicyclic amines) is 1. The van der Waals surface area contributed by atoms with Crippen molar-refractivity contribution in [2.75, 3.05) is 13.1 Å². The molecule has 2 heterocycles. The standard InChI is InChI=1S/C22H18Cl2N2O2S/c23-19-8-4-17(5-9-19)22(18-6-10-20(24)11-7-18)26-13-16(14-26)15-29(27,28)21-3-1-2-12-25-21/h1-12,15,22H,13-14H2. The SMILES string of the molecule is O=S(=O)(C=C1CN(C(c2ccc(Cl)cc2)c2ccc(Cl)cc2)C1)c1ccccn1. The highest BCUT2D eigenvalue weighted by molar-refractivity contribution is 7.94. The van der Waals surface area contributed by atoms with Crippen LogP contribution in [-0.2, 0) is 9.84 Å². The summed E-state index contributed by atoms with van der Waals surface area (Å²) < 4.78 is 25.1. The Hall–Kier alpha value is -2.18. The predicted octanol–water partition coefficient (Wildman–Crippen LogP) is 5.15. The largest absolute Gasteiger partial charge is 0.284 e. The molecule has 0 radical (unpaired) electrons. The van der Waals surface area contributed by atoms with Crippen molar-refractivity contribution >= 4 is 33.0 Å². The molecule has 0 bridgehead atoms. The number of halogens is 2. The van der Waals surface area contributed by atoms with E-state index in [1.165, 1.54) is 17.7 Å². The zero-order valence-corrected chi connectivity index (χ0v) is 17.7. The molecule has 0 spiro atoms. The molecule has 29 heavy (non-hydrogen) atoms.